The van der Waals surface area contributed by atoms with E-state index in [1.807, 2.05) is 0 Å². The van der Waals surface area contributed by atoms with Gasteiger partial charge in [0.2, 0.25) is 0 Å². The monoisotopic (exact) mass is 382 g/mol. The van der Waals surface area contributed by atoms with E-state index in [-0.39, 0.29) is 35.8 Å². The number of nitrogens with one attached hydrogen (secondary N) is 1. The van der Waals surface area contributed by atoms with E-state index in [0.29, 0.717) is 4.31 Å². The van der Waals surface area contributed by atoms with Crippen LogP contribution in [-0.4, -0.2) is 61.4 Å². The van der Waals surface area contributed by atoms with Crippen molar-refractivity contribution in [2.75, 3.05) is 19.8 Å². The van der Waals surface area contributed by atoms with Gasteiger partial charge in [-0.15, -0.1) is 6.58 Å². The van der Waals surface area contributed by atoms with Crippen LogP contribution < -0.4 is 5.32 Å². The van der Waals surface area contributed by atoms with E-state index in [1.165, 1.54) is 25.1 Å². The van der Waals surface area contributed by atoms with E-state index in [1.54, 1.807) is 0 Å². The highest BCUT2D eigenvalue weighted by molar-refractivity contribution is 7.90. The molecule has 2 amide bonds. The van der Waals surface area contributed by atoms with Crippen LogP contribution in [0.4, 0.5) is 0 Å². The molecule has 1 aliphatic rings. The van der Waals surface area contributed by atoms with Gasteiger partial charge in [-0.1, -0.05) is 6.08 Å². The summed E-state index contributed by atoms with van der Waals surface area (Å²) < 4.78 is 30.5. The molecule has 0 aromatic heterocycles. The molecule has 10 heteroatoms. The zero-order chi connectivity index (χ0) is 19.5. The minimum atomic E-state index is -4.01. The summed E-state index contributed by atoms with van der Waals surface area (Å²) in [5, 5.41) is 11.4. The molecular formula is C16H18N2O7S. The second-order valence-corrected chi connectivity index (χ2v) is 7.21. The lowest BCUT2D eigenvalue weighted by Gasteiger charge is -2.14. The number of rotatable bonds is 8. The number of carbonyl (C=O) groups excluding carboxylic acids is 2. The fraction of sp³-hybridized carbons (Fsp3) is 0.312. The highest BCUT2D eigenvalue weighted by atomic mass is 32.2. The van der Waals surface area contributed by atoms with Crippen LogP contribution in [0, 0.1) is 0 Å². The molecule has 2 rings (SSSR count). The second-order valence-electron chi connectivity index (χ2n) is 5.38. The molecule has 1 aliphatic heterocycles. The van der Waals surface area contributed by atoms with Crippen LogP contribution in [0.25, 0.3) is 0 Å². The Labute approximate surface area is 150 Å². The van der Waals surface area contributed by atoms with Gasteiger partial charge in [-0.05, 0) is 25.1 Å². The van der Waals surface area contributed by atoms with E-state index in [0.717, 1.165) is 6.07 Å². The number of amides is 2. The Morgan fingerprint density at radius 3 is 2.69 bits per heavy atom. The first-order valence-corrected chi connectivity index (χ1v) is 9.11. The molecule has 1 atom stereocenters. The number of carbonyl (C=O) groups is 3. The molecule has 2 N–H and O–H groups in total. The molecule has 0 spiro atoms. The van der Waals surface area contributed by atoms with Gasteiger partial charge in [-0.3, -0.25) is 9.59 Å². The molecular weight excluding hydrogens is 364 g/mol. The summed E-state index contributed by atoms with van der Waals surface area (Å²) in [6, 6.07) is 2.26. The zero-order valence-corrected chi connectivity index (χ0v) is 14.8. The number of hydrogen-bond donors (Lipinski definition) is 2. The number of fused-ring (bicyclic) bond motifs is 1. The van der Waals surface area contributed by atoms with Crippen molar-refractivity contribution in [3.05, 3.63) is 42.0 Å². The van der Waals surface area contributed by atoms with Gasteiger partial charge < -0.3 is 15.2 Å². The first-order valence-electron chi connectivity index (χ1n) is 7.67. The quantitative estimate of drug-likeness (QED) is 0.486. The maximum absolute atomic E-state index is 12.4. The zero-order valence-electron chi connectivity index (χ0n) is 14.0. The summed E-state index contributed by atoms with van der Waals surface area (Å²) in [6.45, 7) is 4.76. The van der Waals surface area contributed by atoms with Gasteiger partial charge in [-0.2, -0.15) is 0 Å². The largest absolute Gasteiger partial charge is 0.480 e. The molecule has 140 valence electrons. The smallest absolute Gasteiger partial charge is 0.328 e. The third-order valence-corrected chi connectivity index (χ3v) is 5.58. The van der Waals surface area contributed by atoms with Crippen molar-refractivity contribution in [3.63, 3.8) is 0 Å². The summed E-state index contributed by atoms with van der Waals surface area (Å²) in [7, 11) is -4.01. The van der Waals surface area contributed by atoms with Crippen molar-refractivity contribution >= 4 is 27.8 Å². The molecule has 1 heterocycles. The third kappa shape index (κ3) is 3.60. The van der Waals surface area contributed by atoms with E-state index >= 15 is 0 Å². The average molecular weight is 382 g/mol. The Morgan fingerprint density at radius 1 is 1.42 bits per heavy atom. The fourth-order valence-corrected chi connectivity index (χ4v) is 4.02. The van der Waals surface area contributed by atoms with E-state index in [2.05, 4.69) is 11.9 Å². The maximum Gasteiger partial charge on any atom is 0.328 e. The van der Waals surface area contributed by atoms with Crippen LogP contribution in [0.5, 0.6) is 0 Å². The van der Waals surface area contributed by atoms with Gasteiger partial charge >= 0.3 is 5.97 Å². The molecule has 1 aromatic rings. The molecule has 1 unspecified atom stereocenters. The van der Waals surface area contributed by atoms with Crippen LogP contribution in [-0.2, 0) is 19.6 Å². The standard InChI is InChI=1S/C16H18N2O7S/c1-3-7-25-9-12(16(21)22)17-14(19)10-5-6-11-13(8-10)26(23,24)18(4-2)15(11)20/h3,5-6,8,12H,1,4,7,9H2,2H3,(H,17,19)(H,21,22). The van der Waals surface area contributed by atoms with Crippen LogP contribution in [0.15, 0.2) is 35.7 Å². The van der Waals surface area contributed by atoms with E-state index in [9.17, 15) is 22.8 Å². The van der Waals surface area contributed by atoms with Crippen molar-refractivity contribution in [3.8, 4) is 0 Å². The fourth-order valence-electron chi connectivity index (χ4n) is 2.41. The lowest BCUT2D eigenvalue weighted by atomic mass is 10.1. The number of aliphatic carboxylic acids is 1. The summed E-state index contributed by atoms with van der Waals surface area (Å²) in [6.07, 6.45) is 1.43. The molecule has 26 heavy (non-hydrogen) atoms. The van der Waals surface area contributed by atoms with E-state index < -0.39 is 33.8 Å². The SMILES string of the molecule is C=CCOCC(NC(=O)c1ccc2c(c1)S(=O)(=O)N(CC)C2=O)C(=O)O. The number of carboxylic acid groups (broad SMARTS) is 1. The first-order chi connectivity index (χ1) is 12.2. The lowest BCUT2D eigenvalue weighted by molar-refractivity contribution is -0.140. The van der Waals surface area contributed by atoms with Crippen LogP contribution in [0.1, 0.15) is 27.6 Å². The molecule has 1 aromatic carbocycles. The van der Waals surface area contributed by atoms with Crippen molar-refractivity contribution < 1.29 is 32.6 Å². The van der Waals surface area contributed by atoms with Gasteiger partial charge in [0.1, 0.15) is 4.90 Å². The Hall–Kier alpha value is -2.72. The van der Waals surface area contributed by atoms with Crippen molar-refractivity contribution in [2.45, 2.75) is 17.9 Å². The molecule has 0 saturated carbocycles. The van der Waals surface area contributed by atoms with E-state index in [4.69, 9.17) is 9.84 Å². The molecule has 0 fully saturated rings. The normalized spacial score (nSPS) is 16.0. The van der Waals surface area contributed by atoms with Crippen LogP contribution in [0.2, 0.25) is 0 Å². The van der Waals surface area contributed by atoms with Crippen molar-refractivity contribution in [1.82, 2.24) is 9.62 Å². The molecule has 0 radical (unpaired) electrons. The van der Waals surface area contributed by atoms with Gasteiger partial charge in [0.25, 0.3) is 21.8 Å². The summed E-state index contributed by atoms with van der Waals surface area (Å²) in [5.74, 6) is -2.75. The van der Waals surface area contributed by atoms with Crippen LogP contribution in [0.3, 0.4) is 0 Å². The summed E-state index contributed by atoms with van der Waals surface area (Å²) in [5.41, 5.74) is -0.0967. The molecule has 9 nitrogen and oxygen atoms in total. The van der Waals surface area contributed by atoms with Gasteiger partial charge in [0.05, 0.1) is 18.8 Å². The summed E-state index contributed by atoms with van der Waals surface area (Å²) in [4.78, 5) is 35.3. The topological polar surface area (TPSA) is 130 Å². The minimum Gasteiger partial charge on any atom is -0.480 e. The van der Waals surface area contributed by atoms with Gasteiger partial charge in [0.15, 0.2) is 6.04 Å². The average Bonchev–Trinajstić information content (AvgIpc) is 2.79. The minimum absolute atomic E-state index is 0.0208. The number of carboxylic acids is 1. The Kier molecular flexibility index (Phi) is 5.78. The highest BCUT2D eigenvalue weighted by Gasteiger charge is 2.40. The van der Waals surface area contributed by atoms with Gasteiger partial charge in [0, 0.05) is 12.1 Å². The second kappa shape index (κ2) is 7.67. The molecule has 0 saturated heterocycles. The molecule has 0 bridgehead atoms. The third-order valence-electron chi connectivity index (χ3n) is 3.68. The Bertz CT molecular complexity index is 863. The predicted molar refractivity (Wildman–Crippen MR) is 90.2 cm³/mol. The maximum atomic E-state index is 12.4. The number of ether oxygens (including phenoxy) is 1. The predicted octanol–water partition coefficient (Wildman–Crippen LogP) is 0.237. The Morgan fingerprint density at radius 2 is 2.12 bits per heavy atom. The Balaban J connectivity index is 2.25. The first kappa shape index (κ1) is 19.6. The number of hydrogen-bond acceptors (Lipinski definition) is 6. The number of sulfonamides is 1. The van der Waals surface area contributed by atoms with Crippen LogP contribution >= 0.6 is 0 Å². The lowest BCUT2D eigenvalue weighted by Crippen LogP contribution is -2.44. The van der Waals surface area contributed by atoms with Crippen molar-refractivity contribution in [2.24, 2.45) is 0 Å². The van der Waals surface area contributed by atoms with Crippen molar-refractivity contribution in [1.29, 1.82) is 0 Å². The number of benzene rings is 1. The number of nitrogens with zero attached hydrogens (tertiary/aromatic N) is 1. The highest BCUT2D eigenvalue weighted by Crippen LogP contribution is 2.30. The molecule has 0 aliphatic carbocycles. The summed E-state index contributed by atoms with van der Waals surface area (Å²) >= 11 is 0. The van der Waals surface area contributed by atoms with Gasteiger partial charge in [-0.25, -0.2) is 17.5 Å².